The van der Waals surface area contributed by atoms with E-state index in [1.165, 1.54) is 0 Å². The Labute approximate surface area is 119 Å². The van der Waals surface area contributed by atoms with Gasteiger partial charge in [-0.2, -0.15) is 0 Å². The minimum Gasteiger partial charge on any atom is -0.388 e. The van der Waals surface area contributed by atoms with E-state index < -0.39 is 6.10 Å². The molecule has 0 saturated carbocycles. The highest BCUT2D eigenvalue weighted by molar-refractivity contribution is 14.1. The molecule has 0 aliphatic rings. The summed E-state index contributed by atoms with van der Waals surface area (Å²) in [6.45, 7) is 0. The Morgan fingerprint density at radius 2 is 1.94 bits per heavy atom. The van der Waals surface area contributed by atoms with Gasteiger partial charge in [0, 0.05) is 22.4 Å². The highest BCUT2D eigenvalue weighted by atomic mass is 127. The van der Waals surface area contributed by atoms with E-state index in [-0.39, 0.29) is 0 Å². The molecule has 0 fully saturated rings. The van der Waals surface area contributed by atoms with Gasteiger partial charge in [0.25, 0.3) is 0 Å². The molecule has 0 spiro atoms. The third-order valence-corrected chi connectivity index (χ3v) is 4.08. The number of aliphatic hydroxyl groups is 1. The summed E-state index contributed by atoms with van der Waals surface area (Å²) in [6.07, 6.45) is 3.48. The molecule has 0 aliphatic heterocycles. The molecule has 1 atom stereocenters. The van der Waals surface area contributed by atoms with Gasteiger partial charge in [0.15, 0.2) is 0 Å². The molecule has 4 heteroatoms. The molecule has 1 aromatic carbocycles. The molecule has 17 heavy (non-hydrogen) atoms. The Balaban J connectivity index is 2.14. The topological polar surface area (TPSA) is 33.1 Å². The van der Waals surface area contributed by atoms with Crippen molar-refractivity contribution in [3.8, 4) is 0 Å². The Hall–Kier alpha value is -0.650. The van der Waals surface area contributed by atoms with Gasteiger partial charge in [-0.15, -0.1) is 0 Å². The molecule has 1 N–H and O–H groups in total. The smallest absolute Gasteiger partial charge is 0.0830 e. The van der Waals surface area contributed by atoms with E-state index in [0.29, 0.717) is 11.4 Å². The normalized spacial score (nSPS) is 12.4. The van der Waals surface area contributed by atoms with Crippen LogP contribution in [0.15, 0.2) is 42.7 Å². The first-order chi connectivity index (χ1) is 8.16. The first-order valence-electron chi connectivity index (χ1n) is 5.19. The van der Waals surface area contributed by atoms with Crippen LogP contribution < -0.4 is 0 Å². The van der Waals surface area contributed by atoms with Crippen molar-refractivity contribution in [3.63, 3.8) is 0 Å². The Morgan fingerprint density at radius 3 is 2.59 bits per heavy atom. The monoisotopic (exact) mass is 359 g/mol. The molecule has 0 amide bonds. The number of hydrogen-bond acceptors (Lipinski definition) is 2. The zero-order valence-corrected chi connectivity index (χ0v) is 11.9. The molecule has 2 nitrogen and oxygen atoms in total. The number of halogens is 2. The largest absolute Gasteiger partial charge is 0.388 e. The molecule has 2 rings (SSSR count). The van der Waals surface area contributed by atoms with Crippen LogP contribution in [0.2, 0.25) is 5.02 Å². The molecule has 1 aromatic heterocycles. The van der Waals surface area contributed by atoms with Crippen LogP contribution in [0.25, 0.3) is 0 Å². The molecule has 0 aliphatic carbocycles. The molecular formula is C13H11ClINO. The van der Waals surface area contributed by atoms with Gasteiger partial charge in [-0.05, 0) is 58.0 Å². The fraction of sp³-hybridized carbons (Fsp3) is 0.154. The molecular weight excluding hydrogens is 349 g/mol. The van der Waals surface area contributed by atoms with Crippen molar-refractivity contribution in [2.75, 3.05) is 0 Å². The van der Waals surface area contributed by atoms with Crippen molar-refractivity contribution in [1.29, 1.82) is 0 Å². The minimum absolute atomic E-state index is 0.535. The van der Waals surface area contributed by atoms with E-state index in [4.69, 9.17) is 11.6 Å². The van der Waals surface area contributed by atoms with E-state index in [1.54, 1.807) is 12.4 Å². The summed E-state index contributed by atoms with van der Waals surface area (Å²) in [5.41, 5.74) is 1.90. The summed E-state index contributed by atoms with van der Waals surface area (Å²) in [4.78, 5) is 3.95. The number of nitrogens with zero attached hydrogens (tertiary/aromatic N) is 1. The first kappa shape index (κ1) is 12.8. The van der Waals surface area contributed by atoms with Crippen LogP contribution in [0.4, 0.5) is 0 Å². The van der Waals surface area contributed by atoms with E-state index in [0.717, 1.165) is 14.7 Å². The maximum atomic E-state index is 10.1. The summed E-state index contributed by atoms with van der Waals surface area (Å²) in [7, 11) is 0. The van der Waals surface area contributed by atoms with Crippen molar-refractivity contribution in [2.45, 2.75) is 12.5 Å². The number of hydrogen-bond donors (Lipinski definition) is 1. The number of rotatable bonds is 3. The quantitative estimate of drug-likeness (QED) is 0.849. The molecule has 88 valence electrons. The van der Waals surface area contributed by atoms with Gasteiger partial charge in [-0.3, -0.25) is 4.98 Å². The van der Waals surface area contributed by atoms with Crippen LogP contribution in [0.1, 0.15) is 17.2 Å². The molecule has 0 bridgehead atoms. The standard InChI is InChI=1S/C13H11ClINO/c14-11-8-10(1-2-12(11)15)13(17)7-9-3-5-16-6-4-9/h1-6,8,13,17H,7H2. The van der Waals surface area contributed by atoms with Crippen LogP contribution in [0.5, 0.6) is 0 Å². The van der Waals surface area contributed by atoms with Gasteiger partial charge in [-0.1, -0.05) is 17.7 Å². The van der Waals surface area contributed by atoms with Crippen LogP contribution in [0, 0.1) is 3.57 Å². The van der Waals surface area contributed by atoms with Crippen molar-refractivity contribution in [1.82, 2.24) is 4.98 Å². The summed E-state index contributed by atoms with van der Waals surface area (Å²) >= 11 is 8.20. The highest BCUT2D eigenvalue weighted by Gasteiger charge is 2.10. The van der Waals surface area contributed by atoms with Crippen LogP contribution >= 0.6 is 34.2 Å². The van der Waals surface area contributed by atoms with Gasteiger partial charge in [-0.25, -0.2) is 0 Å². The second-order valence-electron chi connectivity index (χ2n) is 3.75. The lowest BCUT2D eigenvalue weighted by Crippen LogP contribution is -2.02. The fourth-order valence-electron chi connectivity index (χ4n) is 1.58. The Bertz CT molecular complexity index is 504. The summed E-state index contributed by atoms with van der Waals surface area (Å²) < 4.78 is 0.990. The van der Waals surface area contributed by atoms with Crippen molar-refractivity contribution >= 4 is 34.2 Å². The third-order valence-electron chi connectivity index (χ3n) is 2.51. The molecule has 2 aromatic rings. The predicted molar refractivity (Wildman–Crippen MR) is 77.1 cm³/mol. The minimum atomic E-state index is -0.535. The summed E-state index contributed by atoms with van der Waals surface area (Å²) in [5, 5.41) is 10.8. The molecule has 0 radical (unpaired) electrons. The first-order valence-corrected chi connectivity index (χ1v) is 6.64. The number of aliphatic hydroxyl groups excluding tert-OH is 1. The average Bonchev–Trinajstić information content (AvgIpc) is 2.34. The second kappa shape index (κ2) is 5.80. The lowest BCUT2D eigenvalue weighted by atomic mass is 10.0. The maximum Gasteiger partial charge on any atom is 0.0830 e. The van der Waals surface area contributed by atoms with Crippen molar-refractivity contribution < 1.29 is 5.11 Å². The SMILES string of the molecule is OC(Cc1ccncc1)c1ccc(I)c(Cl)c1. The third kappa shape index (κ3) is 3.40. The van der Waals surface area contributed by atoms with E-state index in [2.05, 4.69) is 27.6 Å². The van der Waals surface area contributed by atoms with Gasteiger partial charge in [0.05, 0.1) is 11.1 Å². The maximum absolute atomic E-state index is 10.1. The zero-order chi connectivity index (χ0) is 12.3. The number of benzene rings is 1. The van der Waals surface area contributed by atoms with Crippen molar-refractivity contribution in [2.24, 2.45) is 0 Å². The Kier molecular flexibility index (Phi) is 4.36. The zero-order valence-electron chi connectivity index (χ0n) is 8.98. The van der Waals surface area contributed by atoms with E-state index >= 15 is 0 Å². The van der Waals surface area contributed by atoms with Crippen LogP contribution in [-0.2, 0) is 6.42 Å². The van der Waals surface area contributed by atoms with Gasteiger partial charge < -0.3 is 5.11 Å². The summed E-state index contributed by atoms with van der Waals surface area (Å²) in [5.74, 6) is 0. The van der Waals surface area contributed by atoms with Gasteiger partial charge >= 0.3 is 0 Å². The highest BCUT2D eigenvalue weighted by Crippen LogP contribution is 2.25. The molecule has 0 saturated heterocycles. The van der Waals surface area contributed by atoms with E-state index in [1.807, 2.05) is 30.3 Å². The fourth-order valence-corrected chi connectivity index (χ4v) is 2.10. The lowest BCUT2D eigenvalue weighted by molar-refractivity contribution is 0.178. The molecule has 1 heterocycles. The van der Waals surface area contributed by atoms with Crippen LogP contribution in [0.3, 0.4) is 0 Å². The van der Waals surface area contributed by atoms with Crippen molar-refractivity contribution in [3.05, 3.63) is 62.4 Å². The predicted octanol–water partition coefficient (Wildman–Crippen LogP) is 3.62. The summed E-state index contributed by atoms with van der Waals surface area (Å²) in [6, 6.07) is 9.43. The van der Waals surface area contributed by atoms with E-state index in [9.17, 15) is 5.11 Å². The lowest BCUT2D eigenvalue weighted by Gasteiger charge is -2.11. The van der Waals surface area contributed by atoms with Crippen LogP contribution in [-0.4, -0.2) is 10.1 Å². The number of aromatic nitrogens is 1. The Morgan fingerprint density at radius 1 is 1.24 bits per heavy atom. The van der Waals surface area contributed by atoms with Gasteiger partial charge in [0.2, 0.25) is 0 Å². The second-order valence-corrected chi connectivity index (χ2v) is 5.32. The average molecular weight is 360 g/mol. The van der Waals surface area contributed by atoms with Gasteiger partial charge in [0.1, 0.15) is 0 Å². The molecule has 1 unspecified atom stereocenters. The number of pyridine rings is 1.